The van der Waals surface area contributed by atoms with Crippen LogP contribution in [0.15, 0.2) is 78.9 Å². The van der Waals surface area contributed by atoms with Crippen molar-refractivity contribution in [3.8, 4) is 5.75 Å². The van der Waals surface area contributed by atoms with E-state index >= 15 is 0 Å². The van der Waals surface area contributed by atoms with Crippen molar-refractivity contribution in [3.63, 3.8) is 0 Å². The molecule has 34 heavy (non-hydrogen) atoms. The molecule has 1 heterocycles. The van der Waals surface area contributed by atoms with E-state index in [1.54, 1.807) is 0 Å². The van der Waals surface area contributed by atoms with E-state index in [2.05, 4.69) is 47.1 Å². The maximum atomic E-state index is 12.4. The van der Waals surface area contributed by atoms with Crippen LogP contribution in [0, 0.1) is 5.92 Å². The molecule has 0 bridgehead atoms. The summed E-state index contributed by atoms with van der Waals surface area (Å²) < 4.78 is 6.30. The SMILES string of the molecule is CCCC(=O)Nc1ccc(Cl)c2c1C1C=CCC1C(c1ccccc1OCc1ccccc1)N2. The Morgan fingerprint density at radius 1 is 1.09 bits per heavy atom. The van der Waals surface area contributed by atoms with Crippen molar-refractivity contribution in [2.45, 2.75) is 44.8 Å². The third-order valence-corrected chi connectivity index (χ3v) is 7.03. The van der Waals surface area contributed by atoms with E-state index in [1.807, 2.05) is 49.4 Å². The molecule has 0 aromatic heterocycles. The van der Waals surface area contributed by atoms with Crippen LogP contribution in [0.1, 0.15) is 54.8 Å². The number of halogens is 1. The van der Waals surface area contributed by atoms with Crippen LogP contribution in [0.25, 0.3) is 0 Å². The van der Waals surface area contributed by atoms with Crippen molar-refractivity contribution in [1.29, 1.82) is 0 Å². The number of carbonyl (C=O) groups excluding carboxylic acids is 1. The summed E-state index contributed by atoms with van der Waals surface area (Å²) in [5.74, 6) is 1.38. The first-order chi connectivity index (χ1) is 16.7. The van der Waals surface area contributed by atoms with Crippen LogP contribution in [-0.4, -0.2) is 5.91 Å². The summed E-state index contributed by atoms with van der Waals surface area (Å²) in [6.07, 6.45) is 6.77. The second-order valence-corrected chi connectivity index (χ2v) is 9.38. The Kier molecular flexibility index (Phi) is 6.59. The molecule has 0 saturated carbocycles. The van der Waals surface area contributed by atoms with Gasteiger partial charge in [0.25, 0.3) is 0 Å². The molecule has 5 rings (SSSR count). The first kappa shape index (κ1) is 22.5. The summed E-state index contributed by atoms with van der Waals surface area (Å²) in [7, 11) is 0. The summed E-state index contributed by atoms with van der Waals surface area (Å²) >= 11 is 6.71. The maximum Gasteiger partial charge on any atom is 0.224 e. The van der Waals surface area contributed by atoms with Crippen molar-refractivity contribution >= 4 is 28.9 Å². The lowest BCUT2D eigenvalue weighted by Crippen LogP contribution is -2.30. The van der Waals surface area contributed by atoms with Crippen LogP contribution < -0.4 is 15.4 Å². The van der Waals surface area contributed by atoms with Gasteiger partial charge in [0.2, 0.25) is 5.91 Å². The fourth-order valence-corrected chi connectivity index (χ4v) is 5.35. The topological polar surface area (TPSA) is 50.4 Å². The molecule has 5 heteroatoms. The number of fused-ring (bicyclic) bond motifs is 3. The highest BCUT2D eigenvalue weighted by atomic mass is 35.5. The summed E-state index contributed by atoms with van der Waals surface area (Å²) in [6.45, 7) is 2.53. The highest BCUT2D eigenvalue weighted by molar-refractivity contribution is 6.33. The average Bonchev–Trinajstić information content (AvgIpc) is 3.35. The second-order valence-electron chi connectivity index (χ2n) is 8.97. The number of anilines is 2. The van der Waals surface area contributed by atoms with Crippen molar-refractivity contribution in [3.05, 3.63) is 101 Å². The lowest BCUT2D eigenvalue weighted by atomic mass is 9.76. The van der Waals surface area contributed by atoms with Gasteiger partial charge < -0.3 is 15.4 Å². The van der Waals surface area contributed by atoms with Gasteiger partial charge in [-0.2, -0.15) is 0 Å². The quantitative estimate of drug-likeness (QED) is 0.350. The van der Waals surface area contributed by atoms with Crippen LogP contribution in [0.4, 0.5) is 11.4 Å². The maximum absolute atomic E-state index is 12.4. The summed E-state index contributed by atoms with van der Waals surface area (Å²) in [5.41, 5.74) is 5.08. The fraction of sp³-hybridized carbons (Fsp3) is 0.276. The fourth-order valence-electron chi connectivity index (χ4n) is 5.14. The van der Waals surface area contributed by atoms with E-state index in [0.717, 1.165) is 46.7 Å². The molecule has 0 spiro atoms. The van der Waals surface area contributed by atoms with E-state index in [1.165, 1.54) is 0 Å². The minimum Gasteiger partial charge on any atom is -0.489 e. The van der Waals surface area contributed by atoms with Gasteiger partial charge in [0.15, 0.2) is 0 Å². The zero-order valence-corrected chi connectivity index (χ0v) is 20.0. The lowest BCUT2D eigenvalue weighted by molar-refractivity contribution is -0.116. The van der Waals surface area contributed by atoms with Crippen LogP contribution >= 0.6 is 11.6 Å². The van der Waals surface area contributed by atoms with E-state index in [9.17, 15) is 4.79 Å². The molecule has 174 valence electrons. The largest absolute Gasteiger partial charge is 0.489 e. The molecule has 3 atom stereocenters. The first-order valence-electron chi connectivity index (χ1n) is 12.0. The van der Waals surface area contributed by atoms with Crippen LogP contribution in [-0.2, 0) is 11.4 Å². The smallest absolute Gasteiger partial charge is 0.224 e. The molecular formula is C29H29ClN2O2. The number of allylic oxidation sites excluding steroid dienone is 2. The van der Waals surface area contributed by atoms with Gasteiger partial charge in [0.1, 0.15) is 12.4 Å². The third-order valence-electron chi connectivity index (χ3n) is 6.71. The Hall–Kier alpha value is -3.24. The van der Waals surface area contributed by atoms with Gasteiger partial charge in [-0.25, -0.2) is 0 Å². The standard InChI is InChI=1S/C29H29ClN2O2/c1-2-9-26(33)31-24-17-16-23(30)29-27(24)20-13-8-14-21(20)28(32-29)22-12-6-7-15-25(22)34-18-19-10-4-3-5-11-19/h3-8,10-13,15-17,20-21,28,32H,2,9,14,18H2,1H3,(H,31,33). The number of amides is 1. The zero-order chi connectivity index (χ0) is 23.5. The summed E-state index contributed by atoms with van der Waals surface area (Å²) in [5, 5.41) is 7.52. The highest BCUT2D eigenvalue weighted by Gasteiger charge is 2.41. The Labute approximate surface area is 206 Å². The number of hydrogen-bond acceptors (Lipinski definition) is 3. The number of rotatable bonds is 7. The van der Waals surface area contributed by atoms with Crippen molar-refractivity contribution in [1.82, 2.24) is 0 Å². The normalized spacial score (nSPS) is 20.2. The van der Waals surface area contributed by atoms with Gasteiger partial charge in [0.05, 0.1) is 16.8 Å². The molecule has 2 aliphatic rings. The van der Waals surface area contributed by atoms with Crippen molar-refractivity contribution in [2.75, 3.05) is 10.6 Å². The zero-order valence-electron chi connectivity index (χ0n) is 19.3. The number of ether oxygens (including phenoxy) is 1. The van der Waals surface area contributed by atoms with E-state index in [-0.39, 0.29) is 17.9 Å². The molecule has 4 nitrogen and oxygen atoms in total. The number of nitrogens with one attached hydrogen (secondary N) is 2. The van der Waals surface area contributed by atoms with Gasteiger partial charge >= 0.3 is 0 Å². The molecule has 1 aliphatic heterocycles. The molecule has 3 aromatic rings. The first-order valence-corrected chi connectivity index (χ1v) is 12.3. The molecule has 3 unspecified atom stereocenters. The predicted molar refractivity (Wildman–Crippen MR) is 139 cm³/mol. The Balaban J connectivity index is 1.49. The number of para-hydroxylation sites is 1. The van der Waals surface area contributed by atoms with Gasteiger partial charge in [-0.15, -0.1) is 0 Å². The van der Waals surface area contributed by atoms with Crippen molar-refractivity contribution in [2.24, 2.45) is 5.92 Å². The van der Waals surface area contributed by atoms with Gasteiger partial charge in [0, 0.05) is 29.2 Å². The molecule has 2 N–H and O–H groups in total. The molecule has 1 aliphatic carbocycles. The minimum atomic E-state index is 0.0346. The predicted octanol–water partition coefficient (Wildman–Crippen LogP) is 7.48. The Bertz CT molecular complexity index is 1210. The molecule has 0 radical (unpaired) electrons. The van der Waals surface area contributed by atoms with Gasteiger partial charge in [-0.1, -0.05) is 79.2 Å². The third kappa shape index (κ3) is 4.43. The van der Waals surface area contributed by atoms with E-state index in [4.69, 9.17) is 16.3 Å². The summed E-state index contributed by atoms with van der Waals surface area (Å²) in [6, 6.07) is 22.3. The molecule has 3 aromatic carbocycles. The second kappa shape index (κ2) is 9.94. The molecular weight excluding hydrogens is 444 g/mol. The van der Waals surface area contributed by atoms with E-state index < -0.39 is 0 Å². The molecule has 0 fully saturated rings. The van der Waals surface area contributed by atoms with Gasteiger partial charge in [-0.3, -0.25) is 4.79 Å². The monoisotopic (exact) mass is 472 g/mol. The highest BCUT2D eigenvalue weighted by Crippen LogP contribution is 2.54. The van der Waals surface area contributed by atoms with Crippen LogP contribution in [0.2, 0.25) is 5.02 Å². The average molecular weight is 473 g/mol. The van der Waals surface area contributed by atoms with E-state index in [0.29, 0.717) is 24.0 Å². The van der Waals surface area contributed by atoms with Crippen LogP contribution in [0.5, 0.6) is 5.75 Å². The Morgan fingerprint density at radius 2 is 1.88 bits per heavy atom. The Morgan fingerprint density at radius 3 is 2.71 bits per heavy atom. The number of carbonyl (C=O) groups is 1. The number of hydrogen-bond donors (Lipinski definition) is 2. The molecule has 0 saturated heterocycles. The van der Waals surface area contributed by atoms with Crippen molar-refractivity contribution < 1.29 is 9.53 Å². The summed E-state index contributed by atoms with van der Waals surface area (Å²) in [4.78, 5) is 12.4. The molecule has 1 amide bonds. The number of benzene rings is 3. The van der Waals surface area contributed by atoms with Crippen LogP contribution in [0.3, 0.4) is 0 Å². The minimum absolute atomic E-state index is 0.0346. The van der Waals surface area contributed by atoms with Gasteiger partial charge in [-0.05, 0) is 42.5 Å². The lowest BCUT2D eigenvalue weighted by Gasteiger charge is -2.39.